The van der Waals surface area contributed by atoms with Crippen LogP contribution in [-0.2, 0) is 0 Å². The van der Waals surface area contributed by atoms with Gasteiger partial charge in [-0.15, -0.1) is 0 Å². The number of hydrogen-bond acceptors (Lipinski definition) is 5. The summed E-state index contributed by atoms with van der Waals surface area (Å²) in [6, 6.07) is 0. The van der Waals surface area contributed by atoms with Gasteiger partial charge in [0.1, 0.15) is 0 Å². The average molecular weight is 186 g/mol. The number of rotatable bonds is 2. The fraction of sp³-hybridized carbons (Fsp3) is 0.857. The molecule has 2 aliphatic rings. The van der Waals surface area contributed by atoms with E-state index < -0.39 is 0 Å². The van der Waals surface area contributed by atoms with Gasteiger partial charge in [0.15, 0.2) is 0 Å². The predicted molar refractivity (Wildman–Crippen MR) is 52.2 cm³/mol. The smallest absolute Gasteiger partial charge is 0.0929 e. The van der Waals surface area contributed by atoms with Crippen LogP contribution in [-0.4, -0.2) is 43.4 Å². The maximum atomic E-state index is 5.32. The van der Waals surface area contributed by atoms with Crippen LogP contribution < -0.4 is 21.3 Å². The molecule has 0 atom stereocenters. The van der Waals surface area contributed by atoms with Crippen molar-refractivity contribution in [3.63, 3.8) is 0 Å². The highest BCUT2D eigenvalue weighted by Gasteiger charge is 2.26. The minimum absolute atomic E-state index is 0.211. The van der Waals surface area contributed by atoms with Crippen molar-refractivity contribution in [1.82, 2.24) is 21.3 Å². The maximum Gasteiger partial charge on any atom is 0.0929 e. The van der Waals surface area contributed by atoms with Crippen LogP contribution in [0.1, 0.15) is 0 Å². The Hall–Kier alpha value is -0.0700. The van der Waals surface area contributed by atoms with Crippen molar-refractivity contribution in [1.29, 1.82) is 0 Å². The van der Waals surface area contributed by atoms with E-state index in [2.05, 4.69) is 21.3 Å². The van der Waals surface area contributed by atoms with Gasteiger partial charge < -0.3 is 0 Å². The molecule has 2 heterocycles. The first-order valence-corrected chi connectivity index (χ1v) is 4.76. The molecule has 0 aliphatic carbocycles. The Morgan fingerprint density at radius 3 is 1.50 bits per heavy atom. The molecule has 0 spiro atoms. The quantitative estimate of drug-likeness (QED) is 0.391. The minimum Gasteiger partial charge on any atom is -0.296 e. The molecule has 0 bridgehead atoms. The Balaban J connectivity index is 1.89. The molecular weight excluding hydrogens is 172 g/mol. The topological polar surface area (TPSA) is 48.1 Å². The molecule has 0 aromatic rings. The molecule has 5 heteroatoms. The van der Waals surface area contributed by atoms with Crippen LogP contribution in [0.3, 0.4) is 0 Å². The zero-order valence-electron chi connectivity index (χ0n) is 6.89. The first-order chi connectivity index (χ1) is 5.88. The molecule has 0 amide bonds. The Kier molecular flexibility index (Phi) is 2.67. The van der Waals surface area contributed by atoms with Crippen molar-refractivity contribution in [3.8, 4) is 0 Å². The van der Waals surface area contributed by atoms with E-state index in [1.165, 1.54) is 0 Å². The van der Waals surface area contributed by atoms with E-state index in [0.717, 1.165) is 31.0 Å². The molecule has 2 aliphatic heterocycles. The summed E-state index contributed by atoms with van der Waals surface area (Å²) in [4.78, 5) is 1.00. The van der Waals surface area contributed by atoms with Crippen molar-refractivity contribution >= 4 is 17.1 Å². The van der Waals surface area contributed by atoms with Crippen LogP contribution in [0.15, 0.2) is 0 Å². The summed E-state index contributed by atoms with van der Waals surface area (Å²) in [5.74, 6) is 0. The first kappa shape index (κ1) is 8.52. The molecule has 12 heavy (non-hydrogen) atoms. The SMILES string of the molecule is S=C(C1NCCN1)C1NCCN1. The normalized spacial score (nSPS) is 26.7. The third-order valence-electron chi connectivity index (χ3n) is 2.21. The second-order valence-electron chi connectivity index (χ2n) is 3.08. The number of hydrogen-bond donors (Lipinski definition) is 4. The van der Waals surface area contributed by atoms with Crippen LogP contribution >= 0.6 is 12.2 Å². The van der Waals surface area contributed by atoms with Gasteiger partial charge in [-0.05, 0) is 0 Å². The van der Waals surface area contributed by atoms with Crippen LogP contribution in [0, 0.1) is 0 Å². The summed E-state index contributed by atoms with van der Waals surface area (Å²) >= 11 is 5.32. The maximum absolute atomic E-state index is 5.32. The second-order valence-corrected chi connectivity index (χ2v) is 3.56. The summed E-state index contributed by atoms with van der Waals surface area (Å²) in [5, 5.41) is 13.2. The molecule has 0 saturated carbocycles. The van der Waals surface area contributed by atoms with Crippen LogP contribution in [0.25, 0.3) is 0 Å². The van der Waals surface area contributed by atoms with Crippen molar-refractivity contribution in [3.05, 3.63) is 0 Å². The third kappa shape index (κ3) is 1.65. The van der Waals surface area contributed by atoms with E-state index in [0.29, 0.717) is 0 Å². The Morgan fingerprint density at radius 1 is 0.833 bits per heavy atom. The summed E-state index contributed by atoms with van der Waals surface area (Å²) in [6.45, 7) is 4.05. The van der Waals surface area contributed by atoms with Gasteiger partial charge in [-0.2, -0.15) is 0 Å². The van der Waals surface area contributed by atoms with E-state index in [1.54, 1.807) is 0 Å². The molecular formula is C7H14N4S. The van der Waals surface area contributed by atoms with Crippen molar-refractivity contribution in [2.45, 2.75) is 12.3 Å². The van der Waals surface area contributed by atoms with E-state index in [4.69, 9.17) is 12.2 Å². The molecule has 2 rings (SSSR count). The lowest BCUT2D eigenvalue weighted by Gasteiger charge is -2.18. The molecule has 4 nitrogen and oxygen atoms in total. The van der Waals surface area contributed by atoms with E-state index >= 15 is 0 Å². The van der Waals surface area contributed by atoms with Gasteiger partial charge in [0.05, 0.1) is 17.2 Å². The Morgan fingerprint density at radius 2 is 1.17 bits per heavy atom. The molecule has 2 saturated heterocycles. The molecule has 0 aromatic carbocycles. The zero-order chi connectivity index (χ0) is 8.39. The van der Waals surface area contributed by atoms with Gasteiger partial charge in [-0.3, -0.25) is 21.3 Å². The van der Waals surface area contributed by atoms with Gasteiger partial charge in [0, 0.05) is 26.2 Å². The largest absolute Gasteiger partial charge is 0.296 e. The highest BCUT2D eigenvalue weighted by Crippen LogP contribution is 1.97. The van der Waals surface area contributed by atoms with E-state index in [9.17, 15) is 0 Å². The highest BCUT2D eigenvalue weighted by molar-refractivity contribution is 7.80. The average Bonchev–Trinajstić information content (AvgIpc) is 2.77. The molecule has 2 fully saturated rings. The molecule has 0 unspecified atom stereocenters. The lowest BCUT2D eigenvalue weighted by Crippen LogP contribution is -2.51. The third-order valence-corrected chi connectivity index (χ3v) is 2.68. The van der Waals surface area contributed by atoms with Gasteiger partial charge in [-0.25, -0.2) is 0 Å². The molecule has 0 radical (unpaired) electrons. The van der Waals surface area contributed by atoms with Crippen molar-refractivity contribution < 1.29 is 0 Å². The monoisotopic (exact) mass is 186 g/mol. The number of thiocarbonyl (C=S) groups is 1. The molecule has 0 aromatic heterocycles. The highest BCUT2D eigenvalue weighted by atomic mass is 32.1. The zero-order valence-corrected chi connectivity index (χ0v) is 7.71. The van der Waals surface area contributed by atoms with Crippen LogP contribution in [0.4, 0.5) is 0 Å². The number of nitrogens with one attached hydrogen (secondary N) is 4. The van der Waals surface area contributed by atoms with E-state index in [1.807, 2.05) is 0 Å². The van der Waals surface area contributed by atoms with Crippen LogP contribution in [0.2, 0.25) is 0 Å². The summed E-state index contributed by atoms with van der Waals surface area (Å²) in [6.07, 6.45) is 0.422. The predicted octanol–water partition coefficient (Wildman–Crippen LogP) is -1.61. The lowest BCUT2D eigenvalue weighted by atomic mass is 10.3. The van der Waals surface area contributed by atoms with Gasteiger partial charge >= 0.3 is 0 Å². The minimum atomic E-state index is 0.211. The van der Waals surface area contributed by atoms with Gasteiger partial charge in [-0.1, -0.05) is 12.2 Å². The Bertz CT molecular complexity index is 154. The fourth-order valence-corrected chi connectivity index (χ4v) is 1.91. The Labute approximate surface area is 77.5 Å². The van der Waals surface area contributed by atoms with Gasteiger partial charge in [0.2, 0.25) is 0 Å². The first-order valence-electron chi connectivity index (χ1n) is 4.35. The van der Waals surface area contributed by atoms with Gasteiger partial charge in [0.25, 0.3) is 0 Å². The summed E-state index contributed by atoms with van der Waals surface area (Å²) in [7, 11) is 0. The second kappa shape index (κ2) is 3.76. The van der Waals surface area contributed by atoms with Crippen molar-refractivity contribution in [2.24, 2.45) is 0 Å². The summed E-state index contributed by atoms with van der Waals surface area (Å²) < 4.78 is 0. The van der Waals surface area contributed by atoms with Crippen molar-refractivity contribution in [2.75, 3.05) is 26.2 Å². The molecule has 4 N–H and O–H groups in total. The standard InChI is InChI=1S/C7H14N4S/c12-5(6-8-1-2-9-6)7-10-3-4-11-7/h6-11H,1-4H2. The van der Waals surface area contributed by atoms with Crippen LogP contribution in [0.5, 0.6) is 0 Å². The van der Waals surface area contributed by atoms with E-state index in [-0.39, 0.29) is 12.3 Å². The summed E-state index contributed by atoms with van der Waals surface area (Å²) in [5.41, 5.74) is 0. The lowest BCUT2D eigenvalue weighted by molar-refractivity contribution is 0.631. The molecule has 68 valence electrons. The fourth-order valence-electron chi connectivity index (χ4n) is 1.58.